The van der Waals surface area contributed by atoms with E-state index in [1.165, 1.54) is 8.45 Å². The summed E-state index contributed by atoms with van der Waals surface area (Å²) in [6.07, 6.45) is 0. The SMILES string of the molecule is CCNCC(C)NCc1csc(I)c1. The highest BCUT2D eigenvalue weighted by molar-refractivity contribution is 14.1. The highest BCUT2D eigenvalue weighted by Crippen LogP contribution is 2.16. The summed E-state index contributed by atoms with van der Waals surface area (Å²) in [4.78, 5) is 0. The van der Waals surface area contributed by atoms with Gasteiger partial charge in [-0.25, -0.2) is 0 Å². The van der Waals surface area contributed by atoms with Crippen LogP contribution in [-0.2, 0) is 6.54 Å². The van der Waals surface area contributed by atoms with Gasteiger partial charge in [-0.1, -0.05) is 6.92 Å². The minimum absolute atomic E-state index is 0.535. The average molecular weight is 324 g/mol. The number of hydrogen-bond donors (Lipinski definition) is 2. The molecule has 0 aromatic carbocycles. The van der Waals surface area contributed by atoms with Crippen LogP contribution in [-0.4, -0.2) is 19.1 Å². The molecular weight excluding hydrogens is 307 g/mol. The Morgan fingerprint density at radius 2 is 2.36 bits per heavy atom. The van der Waals surface area contributed by atoms with E-state index in [1.54, 1.807) is 11.3 Å². The van der Waals surface area contributed by atoms with Crippen molar-refractivity contribution < 1.29 is 0 Å². The third-order valence-electron chi connectivity index (χ3n) is 1.98. The predicted molar refractivity (Wildman–Crippen MR) is 71.9 cm³/mol. The maximum Gasteiger partial charge on any atom is 0.0656 e. The predicted octanol–water partition coefficient (Wildman–Crippen LogP) is 2.44. The number of likely N-dealkylation sites (N-methyl/N-ethyl adjacent to an activating group) is 1. The average Bonchev–Trinajstić information content (AvgIpc) is 2.58. The van der Waals surface area contributed by atoms with Crippen LogP contribution in [0.1, 0.15) is 19.4 Å². The van der Waals surface area contributed by atoms with Crippen molar-refractivity contribution in [3.8, 4) is 0 Å². The van der Waals surface area contributed by atoms with Crippen LogP contribution in [0.25, 0.3) is 0 Å². The van der Waals surface area contributed by atoms with Gasteiger partial charge in [0.25, 0.3) is 0 Å². The standard InChI is InChI=1S/C10H17IN2S/c1-3-12-5-8(2)13-6-9-4-10(11)14-7-9/h4,7-8,12-13H,3,5-6H2,1-2H3. The van der Waals surface area contributed by atoms with Gasteiger partial charge >= 0.3 is 0 Å². The molecule has 14 heavy (non-hydrogen) atoms. The van der Waals surface area contributed by atoms with Crippen LogP contribution < -0.4 is 10.6 Å². The molecule has 0 radical (unpaired) electrons. The van der Waals surface area contributed by atoms with Crippen molar-refractivity contribution in [1.29, 1.82) is 0 Å². The van der Waals surface area contributed by atoms with E-state index in [0.717, 1.165) is 19.6 Å². The summed E-state index contributed by atoms with van der Waals surface area (Å²) in [5.41, 5.74) is 1.39. The number of thiophene rings is 1. The molecular formula is C10H17IN2S. The van der Waals surface area contributed by atoms with Gasteiger partial charge in [-0.2, -0.15) is 0 Å². The summed E-state index contributed by atoms with van der Waals surface area (Å²) >= 11 is 4.16. The van der Waals surface area contributed by atoms with E-state index in [4.69, 9.17) is 0 Å². The Morgan fingerprint density at radius 3 is 2.93 bits per heavy atom. The first-order chi connectivity index (χ1) is 6.72. The summed E-state index contributed by atoms with van der Waals surface area (Å²) in [6, 6.07) is 2.77. The molecule has 1 rings (SSSR count). The fourth-order valence-corrected chi connectivity index (χ4v) is 2.58. The second kappa shape index (κ2) is 6.76. The molecule has 1 atom stereocenters. The minimum atomic E-state index is 0.535. The molecule has 1 aromatic heterocycles. The van der Waals surface area contributed by atoms with Crippen molar-refractivity contribution in [1.82, 2.24) is 10.6 Å². The monoisotopic (exact) mass is 324 g/mol. The van der Waals surface area contributed by atoms with Crippen LogP contribution in [0.3, 0.4) is 0 Å². The van der Waals surface area contributed by atoms with E-state index in [9.17, 15) is 0 Å². The Balaban J connectivity index is 2.20. The third kappa shape index (κ3) is 4.72. The summed E-state index contributed by atoms with van der Waals surface area (Å²) in [5, 5.41) is 9.03. The van der Waals surface area contributed by atoms with Gasteiger partial charge < -0.3 is 10.6 Å². The van der Waals surface area contributed by atoms with Crippen molar-refractivity contribution in [3.05, 3.63) is 19.9 Å². The van der Waals surface area contributed by atoms with Crippen molar-refractivity contribution >= 4 is 33.9 Å². The maximum absolute atomic E-state index is 3.49. The van der Waals surface area contributed by atoms with E-state index >= 15 is 0 Å². The van der Waals surface area contributed by atoms with Crippen LogP contribution >= 0.6 is 33.9 Å². The second-order valence-corrected chi connectivity index (χ2v) is 6.15. The molecule has 0 aliphatic rings. The zero-order valence-corrected chi connectivity index (χ0v) is 11.6. The van der Waals surface area contributed by atoms with Gasteiger partial charge in [0.2, 0.25) is 0 Å². The van der Waals surface area contributed by atoms with E-state index in [-0.39, 0.29) is 0 Å². The van der Waals surface area contributed by atoms with Gasteiger partial charge in [-0.15, -0.1) is 11.3 Å². The Hall–Kier alpha value is 0.350. The molecule has 1 heterocycles. The maximum atomic E-state index is 3.49. The molecule has 1 unspecified atom stereocenters. The van der Waals surface area contributed by atoms with Gasteiger partial charge in [0.05, 0.1) is 2.88 Å². The molecule has 1 aromatic rings. The quantitative estimate of drug-likeness (QED) is 0.786. The van der Waals surface area contributed by atoms with Crippen molar-refractivity contribution in [3.63, 3.8) is 0 Å². The van der Waals surface area contributed by atoms with Crippen LogP contribution in [0.4, 0.5) is 0 Å². The lowest BCUT2D eigenvalue weighted by Crippen LogP contribution is -2.35. The lowest BCUT2D eigenvalue weighted by Gasteiger charge is -2.13. The Bertz CT molecular complexity index is 262. The molecule has 0 bridgehead atoms. The van der Waals surface area contributed by atoms with E-state index in [0.29, 0.717) is 6.04 Å². The van der Waals surface area contributed by atoms with Gasteiger partial charge in [0.1, 0.15) is 0 Å². The first-order valence-corrected chi connectivity index (χ1v) is 6.85. The summed E-state index contributed by atoms with van der Waals surface area (Å²) in [7, 11) is 0. The molecule has 0 spiro atoms. The third-order valence-corrected chi connectivity index (χ3v) is 3.81. The largest absolute Gasteiger partial charge is 0.315 e. The smallest absolute Gasteiger partial charge is 0.0656 e. The zero-order valence-electron chi connectivity index (χ0n) is 8.64. The first kappa shape index (κ1) is 12.4. The number of halogens is 1. The zero-order chi connectivity index (χ0) is 10.4. The molecule has 4 heteroatoms. The Labute approximate surface area is 104 Å². The highest BCUT2D eigenvalue weighted by Gasteiger charge is 2.01. The Morgan fingerprint density at radius 1 is 1.57 bits per heavy atom. The topological polar surface area (TPSA) is 24.1 Å². The molecule has 0 aliphatic carbocycles. The van der Waals surface area contributed by atoms with Gasteiger partial charge in [-0.3, -0.25) is 0 Å². The molecule has 0 fully saturated rings. The summed E-state index contributed by atoms with van der Waals surface area (Å²) < 4.78 is 1.36. The fourth-order valence-electron chi connectivity index (χ4n) is 1.16. The van der Waals surface area contributed by atoms with Crippen molar-refractivity contribution in [2.45, 2.75) is 26.4 Å². The molecule has 2 nitrogen and oxygen atoms in total. The van der Waals surface area contributed by atoms with E-state index in [1.807, 2.05) is 0 Å². The van der Waals surface area contributed by atoms with Crippen molar-refractivity contribution in [2.75, 3.05) is 13.1 Å². The number of hydrogen-bond acceptors (Lipinski definition) is 3. The lowest BCUT2D eigenvalue weighted by molar-refractivity contribution is 0.509. The molecule has 0 amide bonds. The van der Waals surface area contributed by atoms with Gasteiger partial charge in [0, 0.05) is 19.1 Å². The number of nitrogens with one attached hydrogen (secondary N) is 2. The lowest BCUT2D eigenvalue weighted by atomic mass is 10.3. The van der Waals surface area contributed by atoms with Crippen LogP contribution in [0.2, 0.25) is 0 Å². The molecule has 0 saturated heterocycles. The molecule has 0 aliphatic heterocycles. The van der Waals surface area contributed by atoms with Crippen LogP contribution in [0.5, 0.6) is 0 Å². The summed E-state index contributed by atoms with van der Waals surface area (Å²) in [6.45, 7) is 7.40. The minimum Gasteiger partial charge on any atom is -0.315 e. The summed E-state index contributed by atoms with van der Waals surface area (Å²) in [5.74, 6) is 0. The van der Waals surface area contributed by atoms with Crippen molar-refractivity contribution in [2.24, 2.45) is 0 Å². The first-order valence-electron chi connectivity index (χ1n) is 4.89. The van der Waals surface area contributed by atoms with Gasteiger partial charge in [0.15, 0.2) is 0 Å². The molecule has 0 saturated carbocycles. The highest BCUT2D eigenvalue weighted by atomic mass is 127. The van der Waals surface area contributed by atoms with Crippen LogP contribution in [0, 0.1) is 2.88 Å². The second-order valence-electron chi connectivity index (χ2n) is 3.35. The fraction of sp³-hybridized carbons (Fsp3) is 0.600. The van der Waals surface area contributed by atoms with Gasteiger partial charge in [-0.05, 0) is 53.1 Å². The Kier molecular flexibility index (Phi) is 6.00. The normalized spacial score (nSPS) is 13.1. The van der Waals surface area contributed by atoms with Crippen LogP contribution in [0.15, 0.2) is 11.4 Å². The molecule has 80 valence electrons. The molecule has 2 N–H and O–H groups in total. The van der Waals surface area contributed by atoms with E-state index < -0.39 is 0 Å². The number of rotatable bonds is 6. The van der Waals surface area contributed by atoms with E-state index in [2.05, 4.69) is 58.5 Å².